The first-order valence-electron chi connectivity index (χ1n) is 9.14. The molecule has 8 heteroatoms. The lowest BCUT2D eigenvalue weighted by molar-refractivity contribution is 0.0600. The summed E-state index contributed by atoms with van der Waals surface area (Å²) in [6.45, 7) is 3.93. The molecule has 29 heavy (non-hydrogen) atoms. The van der Waals surface area contributed by atoms with Gasteiger partial charge in [-0.05, 0) is 68.0 Å². The number of methoxy groups -OCH3 is 1. The van der Waals surface area contributed by atoms with Gasteiger partial charge in [0.05, 0.1) is 29.3 Å². The third kappa shape index (κ3) is 4.12. The van der Waals surface area contributed by atoms with E-state index in [0.29, 0.717) is 27.7 Å². The van der Waals surface area contributed by atoms with E-state index in [1.165, 1.54) is 23.8 Å². The molecule has 7 nitrogen and oxygen atoms in total. The van der Waals surface area contributed by atoms with Crippen LogP contribution in [-0.2, 0) is 4.74 Å². The number of nitrogens with zero attached hydrogens (tertiary/aromatic N) is 1. The standard InChI is InChI=1S/C21H21N3O4S/c1-4-12(2)22-18(25)13-5-8-15(9-6-13)24-19(26)16-10-7-14(20(27)28-3)11-17(16)23-21(24)29/h5-12H,4H2,1-3H3,(H,22,25)(H,23,29). The Hall–Kier alpha value is -3.26. The molecule has 1 aromatic heterocycles. The van der Waals surface area contributed by atoms with Crippen molar-refractivity contribution in [2.45, 2.75) is 26.3 Å². The second kappa shape index (κ2) is 8.40. The van der Waals surface area contributed by atoms with E-state index in [2.05, 4.69) is 10.3 Å². The first-order valence-corrected chi connectivity index (χ1v) is 9.55. The van der Waals surface area contributed by atoms with E-state index in [1.807, 2.05) is 13.8 Å². The van der Waals surface area contributed by atoms with E-state index < -0.39 is 5.97 Å². The lowest BCUT2D eigenvalue weighted by Gasteiger charge is -2.12. The molecule has 3 rings (SSSR count). The normalized spacial score (nSPS) is 11.8. The molecule has 0 aliphatic carbocycles. The van der Waals surface area contributed by atoms with Gasteiger partial charge in [-0.15, -0.1) is 0 Å². The maximum Gasteiger partial charge on any atom is 0.337 e. The Morgan fingerprint density at radius 2 is 1.83 bits per heavy atom. The highest BCUT2D eigenvalue weighted by Crippen LogP contribution is 2.15. The molecule has 0 radical (unpaired) electrons. The summed E-state index contributed by atoms with van der Waals surface area (Å²) in [6, 6.07) is 11.3. The molecule has 1 unspecified atom stereocenters. The highest BCUT2D eigenvalue weighted by molar-refractivity contribution is 7.71. The highest BCUT2D eigenvalue weighted by Gasteiger charge is 2.13. The molecule has 0 aliphatic rings. The summed E-state index contributed by atoms with van der Waals surface area (Å²) in [5, 5.41) is 3.28. The molecular formula is C21H21N3O4S. The van der Waals surface area contributed by atoms with E-state index >= 15 is 0 Å². The minimum absolute atomic E-state index is 0.0778. The maximum absolute atomic E-state index is 13.0. The predicted molar refractivity (Wildman–Crippen MR) is 113 cm³/mol. The first-order chi connectivity index (χ1) is 13.8. The van der Waals surface area contributed by atoms with Crippen LogP contribution in [0.4, 0.5) is 0 Å². The molecule has 2 N–H and O–H groups in total. The quantitative estimate of drug-likeness (QED) is 0.496. The molecule has 0 bridgehead atoms. The number of benzene rings is 2. The number of nitrogens with one attached hydrogen (secondary N) is 2. The predicted octanol–water partition coefficient (Wildman–Crippen LogP) is 3.36. The number of hydrogen-bond acceptors (Lipinski definition) is 5. The SMILES string of the molecule is CCC(C)NC(=O)c1ccc(-n2c(=S)[nH]c3cc(C(=O)OC)ccc3c2=O)cc1. The third-order valence-corrected chi connectivity index (χ3v) is 4.98. The van der Waals surface area contributed by atoms with Crippen LogP contribution in [0.5, 0.6) is 0 Å². The summed E-state index contributed by atoms with van der Waals surface area (Å²) < 4.78 is 6.24. The average Bonchev–Trinajstić information content (AvgIpc) is 2.73. The smallest absolute Gasteiger partial charge is 0.337 e. The van der Waals surface area contributed by atoms with Crippen LogP contribution in [-0.4, -0.2) is 34.6 Å². The van der Waals surface area contributed by atoms with Gasteiger partial charge in [0, 0.05) is 11.6 Å². The van der Waals surface area contributed by atoms with Gasteiger partial charge in [0.25, 0.3) is 11.5 Å². The summed E-state index contributed by atoms with van der Waals surface area (Å²) in [7, 11) is 1.29. The minimum atomic E-state index is -0.498. The molecule has 0 saturated heterocycles. The number of hydrogen-bond donors (Lipinski definition) is 2. The zero-order valence-electron chi connectivity index (χ0n) is 16.3. The highest BCUT2D eigenvalue weighted by atomic mass is 32.1. The van der Waals surface area contributed by atoms with Crippen LogP contribution in [0.15, 0.2) is 47.3 Å². The van der Waals surface area contributed by atoms with Gasteiger partial charge in [0.15, 0.2) is 4.77 Å². The van der Waals surface area contributed by atoms with Gasteiger partial charge in [-0.25, -0.2) is 4.79 Å². The van der Waals surface area contributed by atoms with Crippen LogP contribution in [0.3, 0.4) is 0 Å². The number of carbonyl (C=O) groups is 2. The van der Waals surface area contributed by atoms with E-state index in [1.54, 1.807) is 30.3 Å². The second-order valence-electron chi connectivity index (χ2n) is 6.65. The fraction of sp³-hybridized carbons (Fsp3) is 0.238. The van der Waals surface area contributed by atoms with E-state index in [-0.39, 0.29) is 22.3 Å². The number of amides is 1. The Balaban J connectivity index is 2.02. The summed E-state index contributed by atoms with van der Waals surface area (Å²) in [5.41, 5.74) is 1.48. The van der Waals surface area contributed by atoms with Gasteiger partial charge in [-0.2, -0.15) is 0 Å². The van der Waals surface area contributed by atoms with E-state index in [9.17, 15) is 14.4 Å². The summed E-state index contributed by atoms with van der Waals surface area (Å²) in [4.78, 5) is 39.9. The number of ether oxygens (including phenoxy) is 1. The average molecular weight is 411 g/mol. The number of esters is 1. The van der Waals surface area contributed by atoms with Gasteiger partial charge in [0.1, 0.15) is 0 Å². The van der Waals surface area contributed by atoms with Crippen LogP contribution in [0.25, 0.3) is 16.6 Å². The largest absolute Gasteiger partial charge is 0.465 e. The van der Waals surface area contributed by atoms with Crippen molar-refractivity contribution in [1.82, 2.24) is 14.9 Å². The molecule has 3 aromatic rings. The van der Waals surface area contributed by atoms with Crippen LogP contribution in [0.2, 0.25) is 0 Å². The minimum Gasteiger partial charge on any atom is -0.465 e. The molecule has 1 heterocycles. The van der Waals surface area contributed by atoms with E-state index in [4.69, 9.17) is 17.0 Å². The number of aromatic nitrogens is 2. The molecular weight excluding hydrogens is 390 g/mol. The Morgan fingerprint density at radius 3 is 2.45 bits per heavy atom. The number of H-pyrrole nitrogens is 1. The number of aromatic amines is 1. The van der Waals surface area contributed by atoms with Crippen molar-refractivity contribution in [1.29, 1.82) is 0 Å². The Morgan fingerprint density at radius 1 is 1.17 bits per heavy atom. The fourth-order valence-corrected chi connectivity index (χ4v) is 3.17. The van der Waals surface area contributed by atoms with Crippen molar-refractivity contribution >= 4 is 35.0 Å². The molecule has 0 spiro atoms. The van der Waals surface area contributed by atoms with Crippen molar-refractivity contribution in [3.8, 4) is 5.69 Å². The van der Waals surface area contributed by atoms with Crippen molar-refractivity contribution in [2.75, 3.05) is 7.11 Å². The lowest BCUT2D eigenvalue weighted by atomic mass is 10.1. The zero-order valence-corrected chi connectivity index (χ0v) is 17.1. The van der Waals surface area contributed by atoms with Crippen molar-refractivity contribution in [3.05, 3.63) is 68.7 Å². The molecule has 150 valence electrons. The van der Waals surface area contributed by atoms with Crippen molar-refractivity contribution < 1.29 is 14.3 Å². The van der Waals surface area contributed by atoms with E-state index in [0.717, 1.165) is 6.42 Å². The summed E-state index contributed by atoms with van der Waals surface area (Å²) in [6.07, 6.45) is 0.836. The summed E-state index contributed by atoms with van der Waals surface area (Å²) >= 11 is 5.36. The first kappa shape index (κ1) is 20.5. The Labute approximate surface area is 172 Å². The molecule has 0 fully saturated rings. The van der Waals surface area contributed by atoms with Gasteiger partial charge >= 0.3 is 5.97 Å². The van der Waals surface area contributed by atoms with Gasteiger partial charge in [-0.1, -0.05) is 6.92 Å². The van der Waals surface area contributed by atoms with Crippen molar-refractivity contribution in [2.24, 2.45) is 0 Å². The fourth-order valence-electron chi connectivity index (χ4n) is 2.87. The van der Waals surface area contributed by atoms with Crippen LogP contribution in [0, 0.1) is 4.77 Å². The molecule has 0 aliphatic heterocycles. The molecule has 1 amide bonds. The maximum atomic E-state index is 13.0. The second-order valence-corrected chi connectivity index (χ2v) is 7.04. The van der Waals surface area contributed by atoms with Crippen LogP contribution >= 0.6 is 12.2 Å². The molecule has 0 saturated carbocycles. The van der Waals surface area contributed by atoms with Crippen LogP contribution < -0.4 is 10.9 Å². The van der Waals surface area contributed by atoms with Gasteiger partial charge in [-0.3, -0.25) is 14.2 Å². The monoisotopic (exact) mass is 411 g/mol. The van der Waals surface area contributed by atoms with Crippen molar-refractivity contribution in [3.63, 3.8) is 0 Å². The molecule has 2 aromatic carbocycles. The third-order valence-electron chi connectivity index (χ3n) is 4.70. The zero-order chi connectivity index (χ0) is 21.1. The van der Waals surface area contributed by atoms with Gasteiger partial charge in [0.2, 0.25) is 0 Å². The number of fused-ring (bicyclic) bond motifs is 1. The van der Waals surface area contributed by atoms with Crippen LogP contribution in [0.1, 0.15) is 41.0 Å². The molecule has 1 atom stereocenters. The lowest BCUT2D eigenvalue weighted by Crippen LogP contribution is -2.31. The Kier molecular flexibility index (Phi) is 5.93. The Bertz CT molecular complexity index is 1200. The number of rotatable bonds is 5. The van der Waals surface area contributed by atoms with Gasteiger partial charge < -0.3 is 15.0 Å². The number of carbonyl (C=O) groups excluding carboxylic acids is 2. The summed E-state index contributed by atoms with van der Waals surface area (Å²) in [5.74, 6) is -0.668. The topological polar surface area (TPSA) is 93.2 Å².